The van der Waals surface area contributed by atoms with Crippen LogP contribution in [-0.4, -0.2) is 16.9 Å². The van der Waals surface area contributed by atoms with E-state index in [9.17, 15) is 14.0 Å². The number of hydrogen-bond acceptors (Lipinski definition) is 4. The third-order valence-corrected chi connectivity index (χ3v) is 5.14. The van der Waals surface area contributed by atoms with Crippen LogP contribution in [0.2, 0.25) is 10.0 Å². The number of furan rings is 1. The minimum absolute atomic E-state index is 0.0634. The van der Waals surface area contributed by atoms with Gasteiger partial charge in [0.15, 0.2) is 5.11 Å². The Morgan fingerprint density at radius 2 is 1.83 bits per heavy atom. The lowest BCUT2D eigenvalue weighted by Crippen LogP contribution is -2.54. The molecule has 1 saturated heterocycles. The van der Waals surface area contributed by atoms with E-state index >= 15 is 0 Å². The molecule has 2 heterocycles. The monoisotopic (exact) mass is 460 g/mol. The number of anilines is 1. The summed E-state index contributed by atoms with van der Waals surface area (Å²) >= 11 is 17.2. The van der Waals surface area contributed by atoms with Crippen LogP contribution in [0.4, 0.5) is 10.1 Å². The number of halogens is 3. The molecule has 1 aliphatic rings. The summed E-state index contributed by atoms with van der Waals surface area (Å²) in [6.07, 6.45) is 1.26. The summed E-state index contributed by atoms with van der Waals surface area (Å²) < 4.78 is 19.9. The van der Waals surface area contributed by atoms with Gasteiger partial charge in [0, 0.05) is 10.6 Å². The van der Waals surface area contributed by atoms with Crippen molar-refractivity contribution < 1.29 is 18.4 Å². The van der Waals surface area contributed by atoms with Gasteiger partial charge in [0.1, 0.15) is 22.9 Å². The summed E-state index contributed by atoms with van der Waals surface area (Å²) in [7, 11) is 0. The summed E-state index contributed by atoms with van der Waals surface area (Å²) in [6.45, 7) is 0. The molecule has 0 spiro atoms. The Morgan fingerprint density at radius 1 is 1.07 bits per heavy atom. The average molecular weight is 461 g/mol. The van der Waals surface area contributed by atoms with Crippen molar-refractivity contribution in [3.8, 4) is 11.3 Å². The molecule has 150 valence electrons. The first-order chi connectivity index (χ1) is 14.3. The fraction of sp³-hybridized carbons (Fsp3) is 0. The molecule has 0 aliphatic carbocycles. The lowest BCUT2D eigenvalue weighted by molar-refractivity contribution is -0.122. The van der Waals surface area contributed by atoms with Gasteiger partial charge in [0.2, 0.25) is 0 Å². The highest BCUT2D eigenvalue weighted by atomic mass is 35.5. The number of nitrogens with zero attached hydrogens (tertiary/aromatic N) is 1. The molecule has 2 amide bonds. The number of para-hydroxylation sites is 1. The maximum atomic E-state index is 14.2. The van der Waals surface area contributed by atoms with Crippen molar-refractivity contribution in [1.29, 1.82) is 0 Å². The molecule has 3 aromatic rings. The Labute approximate surface area is 185 Å². The molecule has 1 aliphatic heterocycles. The molecular weight excluding hydrogens is 450 g/mol. The van der Waals surface area contributed by atoms with Crippen molar-refractivity contribution in [1.82, 2.24) is 5.32 Å². The Kier molecular flexibility index (Phi) is 5.42. The average Bonchev–Trinajstić information content (AvgIpc) is 3.15. The summed E-state index contributed by atoms with van der Waals surface area (Å²) in [4.78, 5) is 26.2. The fourth-order valence-corrected chi connectivity index (χ4v) is 3.69. The molecule has 0 radical (unpaired) electrons. The van der Waals surface area contributed by atoms with E-state index in [1.54, 1.807) is 36.4 Å². The largest absolute Gasteiger partial charge is 0.457 e. The third kappa shape index (κ3) is 3.75. The second-order valence-electron chi connectivity index (χ2n) is 6.24. The van der Waals surface area contributed by atoms with E-state index in [1.807, 2.05) is 0 Å². The lowest BCUT2D eigenvalue weighted by atomic mass is 10.1. The molecule has 30 heavy (non-hydrogen) atoms. The highest BCUT2D eigenvalue weighted by molar-refractivity contribution is 7.80. The van der Waals surface area contributed by atoms with E-state index in [2.05, 4.69) is 5.32 Å². The molecule has 1 N–H and O–H groups in total. The first-order valence-electron chi connectivity index (χ1n) is 8.56. The molecule has 5 nitrogen and oxygen atoms in total. The molecule has 2 aromatic carbocycles. The van der Waals surface area contributed by atoms with E-state index in [4.69, 9.17) is 39.8 Å². The number of thiocarbonyl (C=S) groups is 1. The van der Waals surface area contributed by atoms with E-state index in [0.717, 1.165) is 4.90 Å². The van der Waals surface area contributed by atoms with Crippen LogP contribution in [-0.2, 0) is 9.59 Å². The van der Waals surface area contributed by atoms with Gasteiger partial charge >= 0.3 is 0 Å². The van der Waals surface area contributed by atoms with Crippen LogP contribution in [0.1, 0.15) is 5.76 Å². The number of carbonyl (C=O) groups excluding carboxylic acids is 2. The Hall–Kier alpha value is -3.00. The zero-order chi connectivity index (χ0) is 21.4. The maximum Gasteiger partial charge on any atom is 0.270 e. The Balaban J connectivity index is 1.70. The summed E-state index contributed by atoms with van der Waals surface area (Å²) in [5.41, 5.74) is 0.278. The molecule has 9 heteroatoms. The number of benzene rings is 2. The van der Waals surface area contributed by atoms with Gasteiger partial charge in [0.25, 0.3) is 11.8 Å². The first-order valence-corrected chi connectivity index (χ1v) is 9.73. The second kappa shape index (κ2) is 8.02. The van der Waals surface area contributed by atoms with Crippen molar-refractivity contribution in [2.75, 3.05) is 4.90 Å². The Bertz CT molecular complexity index is 1240. The standard InChI is InChI=1S/C21H11Cl2FN2O3S/c22-11-5-7-13(15(23)9-11)18-8-6-12(29-18)10-14-19(27)25-21(30)26(20(14)28)17-4-2-1-3-16(17)24/h1-10H,(H,25,27,30)/b14-10-. The Morgan fingerprint density at radius 3 is 2.57 bits per heavy atom. The van der Waals surface area contributed by atoms with Gasteiger partial charge in [-0.25, -0.2) is 9.29 Å². The fourth-order valence-electron chi connectivity index (χ4n) is 2.92. The van der Waals surface area contributed by atoms with Gasteiger partial charge in [-0.05, 0) is 60.8 Å². The summed E-state index contributed by atoms with van der Waals surface area (Å²) in [6, 6.07) is 13.8. The predicted octanol–water partition coefficient (Wildman–Crippen LogP) is 5.22. The van der Waals surface area contributed by atoms with Crippen molar-refractivity contribution >= 4 is 64.1 Å². The van der Waals surface area contributed by atoms with Gasteiger partial charge in [-0.2, -0.15) is 0 Å². The summed E-state index contributed by atoms with van der Waals surface area (Å²) in [5, 5.41) is 3.05. The number of amides is 2. The maximum absolute atomic E-state index is 14.2. The van der Waals surface area contributed by atoms with Gasteiger partial charge in [-0.15, -0.1) is 0 Å². The molecule has 0 unspecified atom stereocenters. The van der Waals surface area contributed by atoms with Crippen LogP contribution < -0.4 is 10.2 Å². The van der Waals surface area contributed by atoms with Crippen molar-refractivity contribution in [3.05, 3.63) is 81.8 Å². The van der Waals surface area contributed by atoms with Gasteiger partial charge in [0.05, 0.1) is 10.7 Å². The van der Waals surface area contributed by atoms with Crippen LogP contribution >= 0.6 is 35.4 Å². The molecule has 0 atom stereocenters. The first kappa shape index (κ1) is 20.3. The topological polar surface area (TPSA) is 62.6 Å². The van der Waals surface area contributed by atoms with Crippen LogP contribution in [0.25, 0.3) is 17.4 Å². The molecule has 4 rings (SSSR count). The van der Waals surface area contributed by atoms with Crippen LogP contribution in [0.5, 0.6) is 0 Å². The van der Waals surface area contributed by atoms with E-state index < -0.39 is 17.6 Å². The van der Waals surface area contributed by atoms with Gasteiger partial charge in [-0.1, -0.05) is 35.3 Å². The predicted molar refractivity (Wildman–Crippen MR) is 117 cm³/mol. The minimum atomic E-state index is -0.767. The van der Waals surface area contributed by atoms with Crippen LogP contribution in [0, 0.1) is 5.82 Å². The quantitative estimate of drug-likeness (QED) is 0.330. The number of carbonyl (C=O) groups is 2. The third-order valence-electron chi connectivity index (χ3n) is 4.31. The van der Waals surface area contributed by atoms with E-state index in [1.165, 1.54) is 24.3 Å². The second-order valence-corrected chi connectivity index (χ2v) is 7.47. The smallest absolute Gasteiger partial charge is 0.270 e. The van der Waals surface area contributed by atoms with E-state index in [0.29, 0.717) is 21.4 Å². The molecule has 1 aromatic heterocycles. The zero-order valence-corrected chi connectivity index (χ0v) is 17.3. The highest BCUT2D eigenvalue weighted by Gasteiger charge is 2.35. The van der Waals surface area contributed by atoms with Crippen LogP contribution in [0.3, 0.4) is 0 Å². The zero-order valence-electron chi connectivity index (χ0n) is 15.0. The van der Waals surface area contributed by atoms with Gasteiger partial charge < -0.3 is 4.42 Å². The van der Waals surface area contributed by atoms with Gasteiger partial charge in [-0.3, -0.25) is 14.9 Å². The minimum Gasteiger partial charge on any atom is -0.457 e. The molecule has 1 fully saturated rings. The normalized spacial score (nSPS) is 15.6. The number of nitrogens with one attached hydrogen (secondary N) is 1. The molecule has 0 bridgehead atoms. The number of hydrogen-bond donors (Lipinski definition) is 1. The number of rotatable bonds is 3. The summed E-state index contributed by atoms with van der Waals surface area (Å²) in [5.74, 6) is -1.47. The molecule has 0 saturated carbocycles. The highest BCUT2D eigenvalue weighted by Crippen LogP contribution is 2.32. The van der Waals surface area contributed by atoms with Crippen LogP contribution in [0.15, 0.2) is 64.6 Å². The van der Waals surface area contributed by atoms with Crippen molar-refractivity contribution in [3.63, 3.8) is 0 Å². The molecular formula is C21H11Cl2FN2O3S. The van der Waals surface area contributed by atoms with Crippen molar-refractivity contribution in [2.24, 2.45) is 0 Å². The van der Waals surface area contributed by atoms with Crippen molar-refractivity contribution in [2.45, 2.75) is 0 Å². The van der Waals surface area contributed by atoms with E-state index in [-0.39, 0.29) is 22.1 Å². The lowest BCUT2D eigenvalue weighted by Gasteiger charge is -2.28. The SMILES string of the molecule is O=C1NC(=S)N(c2ccccc2F)C(=O)/C1=C\c1ccc(-c2ccc(Cl)cc2Cl)o1.